The van der Waals surface area contributed by atoms with E-state index in [2.05, 4.69) is 25.1 Å². The highest BCUT2D eigenvalue weighted by molar-refractivity contribution is 7.99. The van der Waals surface area contributed by atoms with Gasteiger partial charge in [-0.3, -0.25) is 4.99 Å². The number of thioether (sulfide) groups is 1. The smallest absolute Gasteiger partial charge is 0.139 e. The van der Waals surface area contributed by atoms with Gasteiger partial charge in [-0.05, 0) is 69.2 Å². The van der Waals surface area contributed by atoms with E-state index in [-0.39, 0.29) is 0 Å². The first-order valence-electron chi connectivity index (χ1n) is 10.1. The van der Waals surface area contributed by atoms with Crippen LogP contribution in [0.2, 0.25) is 0 Å². The Hall–Kier alpha value is -2.14. The van der Waals surface area contributed by atoms with Crippen molar-refractivity contribution in [2.24, 2.45) is 10.9 Å². The molecular formula is C24H27F2NOS. The lowest BCUT2D eigenvalue weighted by Crippen LogP contribution is -2.19. The summed E-state index contributed by atoms with van der Waals surface area (Å²) in [6.07, 6.45) is 5.94. The summed E-state index contributed by atoms with van der Waals surface area (Å²) in [4.78, 5) is 5.39. The van der Waals surface area contributed by atoms with Gasteiger partial charge in [-0.15, -0.1) is 11.8 Å². The van der Waals surface area contributed by atoms with Crippen LogP contribution < -0.4 is 0 Å². The van der Waals surface area contributed by atoms with Gasteiger partial charge >= 0.3 is 0 Å². The Balaban J connectivity index is 1.63. The summed E-state index contributed by atoms with van der Waals surface area (Å²) in [5, 5.41) is 0. The number of benzene rings is 2. The number of nitrogens with zero attached hydrogens (tertiary/aromatic N) is 1. The van der Waals surface area contributed by atoms with E-state index in [0.29, 0.717) is 17.4 Å². The number of rotatable bonds is 8. The molecule has 2 nitrogen and oxygen atoms in total. The highest BCUT2D eigenvalue weighted by Gasteiger charge is 2.21. The maximum atomic E-state index is 13.8. The van der Waals surface area contributed by atoms with Crippen LogP contribution in [0.4, 0.5) is 14.5 Å². The van der Waals surface area contributed by atoms with Crippen molar-refractivity contribution in [2.45, 2.75) is 44.4 Å². The summed E-state index contributed by atoms with van der Waals surface area (Å²) in [5.41, 5.74) is 3.22. The molecule has 0 aromatic heterocycles. The maximum absolute atomic E-state index is 13.8. The first kappa shape index (κ1) is 21.6. The molecule has 1 aliphatic rings. The number of hydrogen-bond donors (Lipinski definition) is 0. The third-order valence-corrected chi connectivity index (χ3v) is 6.07. The Morgan fingerprint density at radius 2 is 1.93 bits per heavy atom. The van der Waals surface area contributed by atoms with E-state index in [4.69, 9.17) is 9.73 Å². The van der Waals surface area contributed by atoms with E-state index in [1.807, 2.05) is 19.1 Å². The molecule has 0 saturated heterocycles. The van der Waals surface area contributed by atoms with Gasteiger partial charge in [-0.2, -0.15) is 0 Å². The molecule has 0 aliphatic heterocycles. The molecule has 0 bridgehead atoms. The van der Waals surface area contributed by atoms with E-state index in [1.165, 1.54) is 29.5 Å². The molecule has 0 heterocycles. The second kappa shape index (κ2) is 10.6. The maximum Gasteiger partial charge on any atom is 0.139 e. The molecule has 2 aromatic carbocycles. The molecule has 1 unspecified atom stereocenters. The number of aryl methyl sites for hydroxylation is 1. The summed E-state index contributed by atoms with van der Waals surface area (Å²) in [7, 11) is 0. The topological polar surface area (TPSA) is 21.6 Å². The predicted molar refractivity (Wildman–Crippen MR) is 117 cm³/mol. The summed E-state index contributed by atoms with van der Waals surface area (Å²) in [5.74, 6) is 1.12. The number of ether oxygens (including phenoxy) is 1. The van der Waals surface area contributed by atoms with Crippen LogP contribution in [0, 0.1) is 24.5 Å². The minimum Gasteiger partial charge on any atom is -0.498 e. The Labute approximate surface area is 176 Å². The number of hydrogen-bond acceptors (Lipinski definition) is 3. The van der Waals surface area contributed by atoms with Crippen LogP contribution in [-0.2, 0) is 4.74 Å². The predicted octanol–water partition coefficient (Wildman–Crippen LogP) is 7.25. The van der Waals surface area contributed by atoms with Gasteiger partial charge in [0.25, 0.3) is 0 Å². The summed E-state index contributed by atoms with van der Waals surface area (Å²) in [6, 6.07) is 12.0. The van der Waals surface area contributed by atoms with Crippen molar-refractivity contribution in [3.8, 4) is 0 Å². The lowest BCUT2D eigenvalue weighted by molar-refractivity contribution is 0.212. The highest BCUT2D eigenvalue weighted by Crippen LogP contribution is 2.30. The Bertz CT molecular complexity index is 877. The van der Waals surface area contributed by atoms with Gasteiger partial charge in [-0.25, -0.2) is 8.78 Å². The zero-order chi connectivity index (χ0) is 20.6. The Morgan fingerprint density at radius 1 is 1.14 bits per heavy atom. The molecule has 3 rings (SSSR count). The van der Waals surface area contributed by atoms with Gasteiger partial charge < -0.3 is 4.74 Å². The molecule has 0 saturated carbocycles. The third-order valence-electron chi connectivity index (χ3n) is 4.94. The molecule has 0 amide bonds. The van der Waals surface area contributed by atoms with Crippen LogP contribution in [0.1, 0.15) is 38.2 Å². The second-order valence-corrected chi connectivity index (χ2v) is 8.35. The Kier molecular flexibility index (Phi) is 7.87. The molecule has 0 radical (unpaired) electrons. The van der Waals surface area contributed by atoms with E-state index < -0.39 is 11.6 Å². The molecule has 154 valence electrons. The van der Waals surface area contributed by atoms with Crippen molar-refractivity contribution >= 4 is 23.2 Å². The highest BCUT2D eigenvalue weighted by atomic mass is 32.2. The lowest BCUT2D eigenvalue weighted by atomic mass is 9.87. The van der Waals surface area contributed by atoms with Crippen molar-refractivity contribution in [1.29, 1.82) is 0 Å². The van der Waals surface area contributed by atoms with Crippen molar-refractivity contribution in [1.82, 2.24) is 0 Å². The quantitative estimate of drug-likeness (QED) is 0.334. The molecule has 1 aliphatic carbocycles. The van der Waals surface area contributed by atoms with Crippen LogP contribution >= 0.6 is 11.8 Å². The van der Waals surface area contributed by atoms with Gasteiger partial charge in [-0.1, -0.05) is 17.7 Å². The molecule has 0 fully saturated rings. The van der Waals surface area contributed by atoms with Gasteiger partial charge in [0, 0.05) is 29.0 Å². The average molecular weight is 416 g/mol. The van der Waals surface area contributed by atoms with E-state index in [9.17, 15) is 8.78 Å². The molecule has 5 heteroatoms. The van der Waals surface area contributed by atoms with Gasteiger partial charge in [0.15, 0.2) is 0 Å². The van der Waals surface area contributed by atoms with Crippen LogP contribution in [0.15, 0.2) is 64.2 Å². The molecular weight excluding hydrogens is 388 g/mol. The van der Waals surface area contributed by atoms with Gasteiger partial charge in [0.1, 0.15) is 11.6 Å². The van der Waals surface area contributed by atoms with Gasteiger partial charge in [0.2, 0.25) is 0 Å². The molecule has 29 heavy (non-hydrogen) atoms. The number of aliphatic imine (C=N–C) groups is 1. The van der Waals surface area contributed by atoms with Crippen molar-refractivity contribution in [3.63, 3.8) is 0 Å². The number of allylic oxidation sites excluding steroid dienone is 2. The monoisotopic (exact) mass is 415 g/mol. The SMILES string of the molecule is CCOC1=CC(=Nc2ccc(C)cc2)C(CCCSc2ccc(F)cc2F)CC1. The molecule has 0 spiro atoms. The zero-order valence-corrected chi connectivity index (χ0v) is 17.8. The van der Waals surface area contributed by atoms with Crippen molar-refractivity contribution in [2.75, 3.05) is 12.4 Å². The van der Waals surface area contributed by atoms with E-state index in [1.54, 1.807) is 0 Å². The summed E-state index contributed by atoms with van der Waals surface area (Å²) in [6.45, 7) is 4.72. The van der Waals surface area contributed by atoms with E-state index >= 15 is 0 Å². The fourth-order valence-electron chi connectivity index (χ4n) is 3.41. The standard InChI is InChI=1S/C24H27F2NOS/c1-3-28-21-12-8-18(23(16-21)27-20-10-6-17(2)7-11-20)5-4-14-29-24-13-9-19(25)15-22(24)26/h6-7,9-11,13,15-16,18H,3-5,8,12,14H2,1-2H3. The molecule has 2 aromatic rings. The zero-order valence-electron chi connectivity index (χ0n) is 17.0. The van der Waals surface area contributed by atoms with Crippen LogP contribution in [-0.4, -0.2) is 18.1 Å². The molecule has 1 atom stereocenters. The van der Waals surface area contributed by atoms with E-state index in [0.717, 1.165) is 54.7 Å². The van der Waals surface area contributed by atoms with Gasteiger partial charge in [0.05, 0.1) is 18.1 Å². The molecule has 0 N–H and O–H groups in total. The fourth-order valence-corrected chi connectivity index (χ4v) is 4.30. The van der Waals surface area contributed by atoms with Crippen LogP contribution in [0.3, 0.4) is 0 Å². The minimum atomic E-state index is -0.539. The minimum absolute atomic E-state index is 0.360. The van der Waals surface area contributed by atoms with Crippen LogP contribution in [0.25, 0.3) is 0 Å². The van der Waals surface area contributed by atoms with Crippen molar-refractivity contribution < 1.29 is 13.5 Å². The first-order chi connectivity index (χ1) is 14.0. The normalized spacial score (nSPS) is 18.0. The third kappa shape index (κ3) is 6.43. The van der Waals surface area contributed by atoms with Crippen molar-refractivity contribution in [3.05, 3.63) is 71.5 Å². The van der Waals surface area contributed by atoms with Crippen LogP contribution in [0.5, 0.6) is 0 Å². The summed E-state index contributed by atoms with van der Waals surface area (Å²) < 4.78 is 32.5. The summed E-state index contributed by atoms with van der Waals surface area (Å²) >= 11 is 1.44. The largest absolute Gasteiger partial charge is 0.498 e. The lowest BCUT2D eigenvalue weighted by Gasteiger charge is -2.24. The average Bonchev–Trinajstić information content (AvgIpc) is 2.70. The fraction of sp³-hybridized carbons (Fsp3) is 0.375. The number of halogens is 2. The second-order valence-electron chi connectivity index (χ2n) is 7.22. The first-order valence-corrected chi connectivity index (χ1v) is 11.1. The Morgan fingerprint density at radius 3 is 2.66 bits per heavy atom.